The van der Waals surface area contributed by atoms with Crippen molar-refractivity contribution in [3.8, 4) is 11.8 Å². The van der Waals surface area contributed by atoms with Gasteiger partial charge in [0.15, 0.2) is 0 Å². The van der Waals surface area contributed by atoms with Gasteiger partial charge in [0.05, 0.1) is 24.9 Å². The van der Waals surface area contributed by atoms with E-state index in [9.17, 15) is 9.90 Å². The molecule has 5 heteroatoms. The van der Waals surface area contributed by atoms with Gasteiger partial charge < -0.3 is 9.84 Å². The van der Waals surface area contributed by atoms with E-state index in [-0.39, 0.29) is 29.3 Å². The Kier molecular flexibility index (Phi) is 10.3. The zero-order valence-corrected chi connectivity index (χ0v) is 17.5. The molecule has 1 N–H and O–H groups in total. The van der Waals surface area contributed by atoms with Crippen molar-refractivity contribution in [3.05, 3.63) is 0 Å². The largest absolute Gasteiger partial charge is 0.468 e. The van der Waals surface area contributed by atoms with Gasteiger partial charge in [0.2, 0.25) is 0 Å². The van der Waals surface area contributed by atoms with Gasteiger partial charge in [-0.3, -0.25) is 4.79 Å². The number of unbranched alkanes of at least 4 members (excludes halogenated alkanes) is 1. The van der Waals surface area contributed by atoms with Crippen LogP contribution in [0.1, 0.15) is 64.2 Å². The fourth-order valence-corrected chi connectivity index (χ4v) is 5.44. The number of carbonyl (C=O) groups is 1. The highest BCUT2D eigenvalue weighted by Crippen LogP contribution is 2.39. The Balaban J connectivity index is 1.71. The van der Waals surface area contributed by atoms with Crippen LogP contribution in [0.2, 0.25) is 0 Å². The standard InChI is InChI=1S/C21H33ClO3S/c1-25-21(24)15-26-13-6-5-11-17-18(20(23)14-19(17)22)12-7-10-16-8-3-2-4-9-16/h16-20,23H,2-6,8-11,13-15H2,1H3/t17-,18-,19-,20-/m1/s1. The zero-order chi connectivity index (χ0) is 18.8. The number of ether oxygens (including phenoxy) is 1. The molecule has 2 saturated carbocycles. The fraction of sp³-hybridized carbons (Fsp3) is 0.857. The monoisotopic (exact) mass is 400 g/mol. The number of halogens is 1. The van der Waals surface area contributed by atoms with Crippen molar-refractivity contribution in [2.75, 3.05) is 18.6 Å². The van der Waals surface area contributed by atoms with E-state index in [1.807, 2.05) is 0 Å². The molecule has 0 aromatic rings. The first-order chi connectivity index (χ1) is 12.6. The van der Waals surface area contributed by atoms with E-state index in [1.165, 1.54) is 39.2 Å². The van der Waals surface area contributed by atoms with Gasteiger partial charge in [0, 0.05) is 11.8 Å². The maximum atomic E-state index is 11.1. The summed E-state index contributed by atoms with van der Waals surface area (Å²) in [7, 11) is 1.42. The molecule has 0 unspecified atom stereocenters. The number of carbonyl (C=O) groups excluding carboxylic acids is 1. The van der Waals surface area contributed by atoms with Gasteiger partial charge in [0.1, 0.15) is 0 Å². The van der Waals surface area contributed by atoms with Crippen molar-refractivity contribution in [2.24, 2.45) is 17.8 Å². The lowest BCUT2D eigenvalue weighted by Gasteiger charge is -2.20. The SMILES string of the molecule is COC(=O)CSCCCC[C@@H]1[C@@H](C#CCC2CCCCC2)[C@H](O)C[C@H]1Cl. The van der Waals surface area contributed by atoms with Crippen LogP contribution in [-0.2, 0) is 9.53 Å². The van der Waals surface area contributed by atoms with Crippen LogP contribution in [0.4, 0.5) is 0 Å². The minimum Gasteiger partial charge on any atom is -0.468 e. The quantitative estimate of drug-likeness (QED) is 0.279. The maximum Gasteiger partial charge on any atom is 0.315 e. The molecule has 0 spiro atoms. The normalized spacial score (nSPS) is 29.2. The summed E-state index contributed by atoms with van der Waals surface area (Å²) < 4.78 is 4.64. The third-order valence-corrected chi connectivity index (χ3v) is 7.23. The number of methoxy groups -OCH3 is 1. The second kappa shape index (κ2) is 12.2. The molecule has 0 bridgehead atoms. The minimum atomic E-state index is -0.380. The second-order valence-electron chi connectivity index (χ2n) is 7.66. The molecule has 26 heavy (non-hydrogen) atoms. The van der Waals surface area contributed by atoms with Crippen molar-refractivity contribution < 1.29 is 14.6 Å². The van der Waals surface area contributed by atoms with Crippen molar-refractivity contribution in [1.82, 2.24) is 0 Å². The van der Waals surface area contributed by atoms with Gasteiger partial charge in [0.25, 0.3) is 0 Å². The molecule has 2 rings (SSSR count). The Morgan fingerprint density at radius 1 is 1.27 bits per heavy atom. The highest BCUT2D eigenvalue weighted by Gasteiger charge is 2.40. The van der Waals surface area contributed by atoms with Crippen molar-refractivity contribution >= 4 is 29.3 Å². The number of aliphatic hydroxyl groups is 1. The van der Waals surface area contributed by atoms with Crippen LogP contribution < -0.4 is 0 Å². The lowest BCUT2D eigenvalue weighted by atomic mass is 9.86. The average Bonchev–Trinajstić information content (AvgIpc) is 2.92. The number of thioether (sulfide) groups is 1. The number of hydrogen-bond acceptors (Lipinski definition) is 4. The van der Waals surface area contributed by atoms with Gasteiger partial charge in [-0.25, -0.2) is 0 Å². The van der Waals surface area contributed by atoms with Crippen LogP contribution in [0.25, 0.3) is 0 Å². The Morgan fingerprint density at radius 3 is 2.77 bits per heavy atom. The molecule has 0 aromatic heterocycles. The lowest BCUT2D eigenvalue weighted by Crippen LogP contribution is -2.19. The predicted octanol–water partition coefficient (Wildman–Crippen LogP) is 4.64. The molecule has 0 radical (unpaired) electrons. The summed E-state index contributed by atoms with van der Waals surface area (Å²) in [6.07, 6.45) is 11.1. The third-order valence-electron chi connectivity index (χ3n) is 5.71. The maximum absolute atomic E-state index is 11.1. The van der Waals surface area contributed by atoms with Crippen molar-refractivity contribution in [2.45, 2.75) is 75.7 Å². The van der Waals surface area contributed by atoms with Crippen LogP contribution in [0.15, 0.2) is 0 Å². The molecule has 4 atom stereocenters. The zero-order valence-electron chi connectivity index (χ0n) is 15.9. The first kappa shape index (κ1) is 21.9. The molecule has 148 valence electrons. The van der Waals surface area contributed by atoms with Gasteiger partial charge in [-0.2, -0.15) is 11.8 Å². The molecule has 2 fully saturated rings. The first-order valence-corrected chi connectivity index (χ1v) is 11.7. The van der Waals surface area contributed by atoms with Gasteiger partial charge >= 0.3 is 5.97 Å². The number of rotatable bonds is 8. The second-order valence-corrected chi connectivity index (χ2v) is 9.33. The van der Waals surface area contributed by atoms with E-state index in [4.69, 9.17) is 11.6 Å². The molecule has 0 saturated heterocycles. The van der Waals surface area contributed by atoms with E-state index < -0.39 is 0 Å². The third kappa shape index (κ3) is 7.33. The highest BCUT2D eigenvalue weighted by atomic mass is 35.5. The first-order valence-electron chi connectivity index (χ1n) is 10.1. The molecule has 3 nitrogen and oxygen atoms in total. The van der Waals surface area contributed by atoms with E-state index in [0.29, 0.717) is 12.2 Å². The van der Waals surface area contributed by atoms with E-state index in [2.05, 4.69) is 16.6 Å². The van der Waals surface area contributed by atoms with E-state index in [0.717, 1.165) is 37.4 Å². The molecule has 0 aromatic carbocycles. The molecule has 2 aliphatic rings. The molecule has 0 heterocycles. The summed E-state index contributed by atoms with van der Waals surface area (Å²) in [5.41, 5.74) is 0. The number of esters is 1. The smallest absolute Gasteiger partial charge is 0.315 e. The summed E-state index contributed by atoms with van der Waals surface area (Å²) in [6.45, 7) is 0. The summed E-state index contributed by atoms with van der Waals surface area (Å²) >= 11 is 8.12. The van der Waals surface area contributed by atoms with Gasteiger partial charge in [-0.05, 0) is 49.7 Å². The summed E-state index contributed by atoms with van der Waals surface area (Å²) in [6, 6.07) is 0. The number of alkyl halides is 1. The Hall–Kier alpha value is -0.370. The molecule has 0 aliphatic heterocycles. The predicted molar refractivity (Wildman–Crippen MR) is 109 cm³/mol. The summed E-state index contributed by atoms with van der Waals surface area (Å²) in [5.74, 6) is 9.05. The van der Waals surface area contributed by atoms with E-state index in [1.54, 1.807) is 11.8 Å². The summed E-state index contributed by atoms with van der Waals surface area (Å²) in [5, 5.41) is 10.4. The summed E-state index contributed by atoms with van der Waals surface area (Å²) in [4.78, 5) is 11.1. The average molecular weight is 401 g/mol. The molecule has 0 amide bonds. The van der Waals surface area contributed by atoms with Crippen molar-refractivity contribution in [3.63, 3.8) is 0 Å². The fourth-order valence-electron chi connectivity index (χ4n) is 4.14. The Morgan fingerprint density at radius 2 is 2.04 bits per heavy atom. The Bertz CT molecular complexity index is 481. The van der Waals surface area contributed by atoms with Gasteiger partial charge in [-0.15, -0.1) is 17.5 Å². The van der Waals surface area contributed by atoms with Crippen molar-refractivity contribution in [1.29, 1.82) is 0 Å². The van der Waals surface area contributed by atoms with E-state index >= 15 is 0 Å². The topological polar surface area (TPSA) is 46.5 Å². The van der Waals surface area contributed by atoms with Crippen LogP contribution in [-0.4, -0.2) is 41.2 Å². The van der Waals surface area contributed by atoms with Gasteiger partial charge in [-0.1, -0.05) is 31.6 Å². The number of aliphatic hydroxyl groups excluding tert-OH is 1. The molecular formula is C21H33ClO3S. The minimum absolute atomic E-state index is 0.0294. The van der Waals surface area contributed by atoms with Crippen LogP contribution in [0.5, 0.6) is 0 Å². The number of hydrogen-bond donors (Lipinski definition) is 1. The molecule has 2 aliphatic carbocycles. The van der Waals surface area contributed by atoms with Crippen LogP contribution >= 0.6 is 23.4 Å². The Labute approximate surface area is 168 Å². The van der Waals surface area contributed by atoms with Crippen LogP contribution in [0.3, 0.4) is 0 Å². The highest BCUT2D eigenvalue weighted by molar-refractivity contribution is 7.99. The van der Waals surface area contributed by atoms with Crippen LogP contribution in [0, 0.1) is 29.6 Å². The molecular weight excluding hydrogens is 368 g/mol. The lowest BCUT2D eigenvalue weighted by molar-refractivity contribution is -0.137.